The Hall–Kier alpha value is -3.23. The number of hydrogen-bond acceptors (Lipinski definition) is 5. The standard InChI is InChI=1S/C23H25N3O4S/c1-26(31(28,29)21-6-4-3-5-7-21)22(19-8-10-20(30-2)11-9-19)16-23(27)25-17-18-12-14-24-15-13-18/h3-15,22H,16-17H2,1-2H3,(H,25,27)/t22-/m1/s1. The highest BCUT2D eigenvalue weighted by molar-refractivity contribution is 7.89. The molecule has 1 amide bonds. The van der Waals surface area contributed by atoms with Crippen molar-refractivity contribution in [3.05, 3.63) is 90.3 Å². The van der Waals surface area contributed by atoms with E-state index in [0.717, 1.165) is 5.56 Å². The second-order valence-electron chi connectivity index (χ2n) is 6.96. The third kappa shape index (κ3) is 5.68. The molecule has 0 bridgehead atoms. The molecule has 0 radical (unpaired) electrons. The van der Waals surface area contributed by atoms with Crippen molar-refractivity contribution in [2.45, 2.75) is 23.9 Å². The molecule has 0 aliphatic rings. The van der Waals surface area contributed by atoms with Gasteiger partial charge in [0, 0.05) is 32.4 Å². The smallest absolute Gasteiger partial charge is 0.243 e. The Kier molecular flexibility index (Phi) is 7.38. The lowest BCUT2D eigenvalue weighted by Crippen LogP contribution is -2.35. The summed E-state index contributed by atoms with van der Waals surface area (Å²) >= 11 is 0. The molecule has 1 N–H and O–H groups in total. The summed E-state index contributed by atoms with van der Waals surface area (Å²) in [4.78, 5) is 16.8. The van der Waals surface area contributed by atoms with Crippen molar-refractivity contribution in [3.63, 3.8) is 0 Å². The van der Waals surface area contributed by atoms with Crippen LogP contribution < -0.4 is 10.1 Å². The minimum absolute atomic E-state index is 0.0278. The van der Waals surface area contributed by atoms with Crippen molar-refractivity contribution in [2.24, 2.45) is 0 Å². The Morgan fingerprint density at radius 2 is 1.68 bits per heavy atom. The second-order valence-corrected chi connectivity index (χ2v) is 8.96. The van der Waals surface area contributed by atoms with Gasteiger partial charge in [0.15, 0.2) is 0 Å². The maximum Gasteiger partial charge on any atom is 0.243 e. The fraction of sp³-hybridized carbons (Fsp3) is 0.217. The minimum Gasteiger partial charge on any atom is -0.497 e. The van der Waals surface area contributed by atoms with Crippen LogP contribution in [0.3, 0.4) is 0 Å². The van der Waals surface area contributed by atoms with Crippen molar-refractivity contribution in [3.8, 4) is 5.75 Å². The number of sulfonamides is 1. The van der Waals surface area contributed by atoms with Gasteiger partial charge in [-0.05, 0) is 47.5 Å². The topological polar surface area (TPSA) is 88.6 Å². The third-order valence-corrected chi connectivity index (χ3v) is 6.86. The van der Waals surface area contributed by atoms with Gasteiger partial charge < -0.3 is 10.1 Å². The summed E-state index contributed by atoms with van der Waals surface area (Å²) in [6, 6.07) is 18.2. The van der Waals surface area contributed by atoms with Crippen molar-refractivity contribution < 1.29 is 17.9 Å². The fourth-order valence-corrected chi connectivity index (χ4v) is 4.52. The van der Waals surface area contributed by atoms with Crippen molar-refractivity contribution in [1.82, 2.24) is 14.6 Å². The highest BCUT2D eigenvalue weighted by Gasteiger charge is 2.30. The van der Waals surface area contributed by atoms with Crippen molar-refractivity contribution >= 4 is 15.9 Å². The maximum absolute atomic E-state index is 13.2. The highest BCUT2D eigenvalue weighted by atomic mass is 32.2. The number of nitrogens with zero attached hydrogens (tertiary/aromatic N) is 2. The number of carbonyl (C=O) groups is 1. The molecule has 7 nitrogen and oxygen atoms in total. The number of nitrogens with one attached hydrogen (secondary N) is 1. The molecule has 3 rings (SSSR count). The van der Waals surface area contributed by atoms with Gasteiger partial charge in [0.1, 0.15) is 5.75 Å². The van der Waals surface area contributed by atoms with Gasteiger partial charge in [0.05, 0.1) is 18.0 Å². The molecule has 8 heteroatoms. The number of benzene rings is 2. The zero-order chi connectivity index (χ0) is 22.3. The number of pyridine rings is 1. The zero-order valence-corrected chi connectivity index (χ0v) is 18.2. The highest BCUT2D eigenvalue weighted by Crippen LogP contribution is 2.30. The number of rotatable bonds is 9. The van der Waals surface area contributed by atoms with Gasteiger partial charge in [0.25, 0.3) is 0 Å². The van der Waals surface area contributed by atoms with E-state index in [1.807, 2.05) is 12.1 Å². The molecular formula is C23H25N3O4S. The second kappa shape index (κ2) is 10.2. The first-order valence-corrected chi connectivity index (χ1v) is 11.2. The molecule has 1 atom stereocenters. The van der Waals surface area contributed by atoms with Gasteiger partial charge in [-0.1, -0.05) is 30.3 Å². The summed E-state index contributed by atoms with van der Waals surface area (Å²) in [5.41, 5.74) is 1.61. The minimum atomic E-state index is -3.80. The monoisotopic (exact) mass is 439 g/mol. The Bertz CT molecular complexity index is 1090. The van der Waals surface area contributed by atoms with Crippen LogP contribution in [0.1, 0.15) is 23.6 Å². The molecule has 1 heterocycles. The van der Waals surface area contributed by atoms with Crippen LogP contribution in [-0.4, -0.2) is 37.8 Å². The molecule has 162 valence electrons. The number of aromatic nitrogens is 1. The van der Waals surface area contributed by atoms with Gasteiger partial charge in [0.2, 0.25) is 15.9 Å². The largest absolute Gasteiger partial charge is 0.497 e. The maximum atomic E-state index is 13.2. The van der Waals surface area contributed by atoms with Crippen LogP contribution in [0.15, 0.2) is 84.0 Å². The van der Waals surface area contributed by atoms with Crippen LogP contribution in [0.5, 0.6) is 5.75 Å². The Labute approximate surface area is 182 Å². The average molecular weight is 440 g/mol. The predicted molar refractivity (Wildman–Crippen MR) is 118 cm³/mol. The molecular weight excluding hydrogens is 414 g/mol. The molecule has 0 aliphatic heterocycles. The molecule has 0 saturated heterocycles. The van der Waals surface area contributed by atoms with E-state index in [1.54, 1.807) is 74.1 Å². The van der Waals surface area contributed by atoms with E-state index < -0.39 is 16.1 Å². The summed E-state index contributed by atoms with van der Waals surface area (Å²) in [7, 11) is -0.747. The zero-order valence-electron chi connectivity index (χ0n) is 17.4. The first-order valence-electron chi connectivity index (χ1n) is 9.74. The lowest BCUT2D eigenvalue weighted by molar-refractivity contribution is -0.122. The number of methoxy groups -OCH3 is 1. The van der Waals surface area contributed by atoms with Gasteiger partial charge in [-0.2, -0.15) is 4.31 Å². The van der Waals surface area contributed by atoms with E-state index in [4.69, 9.17) is 4.74 Å². The summed E-state index contributed by atoms with van der Waals surface area (Å²) in [6.07, 6.45) is 3.28. The molecule has 2 aromatic carbocycles. The molecule has 0 aliphatic carbocycles. The van der Waals surface area contributed by atoms with Gasteiger partial charge in [-0.15, -0.1) is 0 Å². The fourth-order valence-electron chi connectivity index (χ4n) is 3.16. The van der Waals surface area contributed by atoms with Crippen molar-refractivity contribution in [1.29, 1.82) is 0 Å². The number of ether oxygens (including phenoxy) is 1. The number of amides is 1. The third-order valence-electron chi connectivity index (χ3n) is 4.98. The number of hydrogen-bond donors (Lipinski definition) is 1. The van der Waals surface area contributed by atoms with Crippen LogP contribution in [-0.2, 0) is 21.4 Å². The molecule has 0 fully saturated rings. The summed E-state index contributed by atoms with van der Waals surface area (Å²) in [6.45, 7) is 0.339. The Balaban J connectivity index is 1.84. The van der Waals surface area contributed by atoms with Crippen LogP contribution in [0.4, 0.5) is 0 Å². The molecule has 3 aromatic rings. The molecule has 31 heavy (non-hydrogen) atoms. The van der Waals surface area contributed by atoms with E-state index in [-0.39, 0.29) is 17.2 Å². The first kappa shape index (κ1) is 22.5. The lowest BCUT2D eigenvalue weighted by atomic mass is 10.0. The van der Waals surface area contributed by atoms with Crippen LogP contribution in [0.2, 0.25) is 0 Å². The van der Waals surface area contributed by atoms with E-state index in [2.05, 4.69) is 10.3 Å². The molecule has 0 spiro atoms. The Morgan fingerprint density at radius 3 is 2.29 bits per heavy atom. The SMILES string of the molecule is COc1ccc([C@@H](CC(=O)NCc2ccncc2)N(C)S(=O)(=O)c2ccccc2)cc1. The quantitative estimate of drug-likeness (QED) is 0.553. The molecule has 0 unspecified atom stereocenters. The lowest BCUT2D eigenvalue weighted by Gasteiger charge is -2.28. The predicted octanol–water partition coefficient (Wildman–Crippen LogP) is 3.16. The first-order chi connectivity index (χ1) is 14.9. The Morgan fingerprint density at radius 1 is 1.03 bits per heavy atom. The van der Waals surface area contributed by atoms with Crippen molar-refractivity contribution in [2.75, 3.05) is 14.2 Å². The van der Waals surface area contributed by atoms with Gasteiger partial charge in [-0.3, -0.25) is 9.78 Å². The summed E-state index contributed by atoms with van der Waals surface area (Å²) in [5, 5.41) is 2.85. The summed E-state index contributed by atoms with van der Waals surface area (Å²) in [5.74, 6) is 0.394. The van der Waals surface area contributed by atoms with E-state index in [9.17, 15) is 13.2 Å². The van der Waals surface area contributed by atoms with E-state index >= 15 is 0 Å². The van der Waals surface area contributed by atoms with Gasteiger partial charge in [-0.25, -0.2) is 8.42 Å². The normalized spacial score (nSPS) is 12.4. The van der Waals surface area contributed by atoms with Crippen LogP contribution in [0.25, 0.3) is 0 Å². The average Bonchev–Trinajstić information content (AvgIpc) is 2.82. The van der Waals surface area contributed by atoms with Crippen LogP contribution >= 0.6 is 0 Å². The number of carbonyl (C=O) groups excluding carboxylic acids is 1. The molecule has 0 saturated carbocycles. The van der Waals surface area contributed by atoms with E-state index in [1.165, 1.54) is 11.4 Å². The summed E-state index contributed by atoms with van der Waals surface area (Å²) < 4.78 is 32.8. The van der Waals surface area contributed by atoms with Gasteiger partial charge >= 0.3 is 0 Å². The molecule has 1 aromatic heterocycles. The van der Waals surface area contributed by atoms with Crippen LogP contribution in [0, 0.1) is 0 Å². The van der Waals surface area contributed by atoms with E-state index in [0.29, 0.717) is 17.9 Å².